The molecule has 1 unspecified atom stereocenters. The third-order valence-electron chi connectivity index (χ3n) is 3.99. The van der Waals surface area contributed by atoms with E-state index in [1.54, 1.807) is 31.2 Å². The van der Waals surface area contributed by atoms with E-state index in [-0.39, 0.29) is 23.0 Å². The fourth-order valence-corrected chi connectivity index (χ4v) is 2.05. The summed E-state index contributed by atoms with van der Waals surface area (Å²) in [6.07, 6.45) is 0.297. The second kappa shape index (κ2) is 7.94. The van der Waals surface area contributed by atoms with Gasteiger partial charge in [0.05, 0.1) is 18.6 Å². The van der Waals surface area contributed by atoms with Crippen LogP contribution in [0.3, 0.4) is 0 Å². The largest absolute Gasteiger partial charge is 0.478 e. The van der Waals surface area contributed by atoms with Gasteiger partial charge in [0, 0.05) is 12.1 Å². The van der Waals surface area contributed by atoms with Crippen molar-refractivity contribution in [2.24, 2.45) is 5.92 Å². The lowest BCUT2D eigenvalue weighted by molar-refractivity contribution is -0.145. The topological polar surface area (TPSA) is 75.6 Å². The van der Waals surface area contributed by atoms with Crippen LogP contribution >= 0.6 is 0 Å². The van der Waals surface area contributed by atoms with Crippen LogP contribution in [0, 0.1) is 5.92 Å². The molecule has 0 aliphatic carbocycles. The molecule has 1 rings (SSSR count). The molecule has 0 aromatic heterocycles. The zero-order valence-electron chi connectivity index (χ0n) is 13.7. The Bertz CT molecular complexity index is 510. The summed E-state index contributed by atoms with van der Waals surface area (Å²) in [4.78, 5) is 22.6. The van der Waals surface area contributed by atoms with Crippen molar-refractivity contribution in [2.45, 2.75) is 46.2 Å². The first-order valence-electron chi connectivity index (χ1n) is 7.51. The molecule has 122 valence electrons. The Morgan fingerprint density at radius 2 is 1.86 bits per heavy atom. The van der Waals surface area contributed by atoms with Gasteiger partial charge in [0.25, 0.3) is 0 Å². The minimum absolute atomic E-state index is 0.215. The molecule has 0 radical (unpaired) electrons. The maximum absolute atomic E-state index is 11.8. The van der Waals surface area contributed by atoms with Crippen molar-refractivity contribution in [1.29, 1.82) is 0 Å². The minimum Gasteiger partial charge on any atom is -0.478 e. The normalized spacial score (nSPS) is 13.7. The van der Waals surface area contributed by atoms with Crippen molar-refractivity contribution in [3.63, 3.8) is 0 Å². The number of ether oxygens (including phenoxy) is 1. The molecule has 0 bridgehead atoms. The Morgan fingerprint density at radius 3 is 2.32 bits per heavy atom. The average Bonchev–Trinajstić information content (AvgIpc) is 2.45. The molecule has 1 aromatic carbocycles. The monoisotopic (exact) mass is 307 g/mol. The van der Waals surface area contributed by atoms with Crippen LogP contribution in [0.1, 0.15) is 50.0 Å². The third-order valence-corrected chi connectivity index (χ3v) is 3.99. The van der Waals surface area contributed by atoms with Gasteiger partial charge in [0.1, 0.15) is 0 Å². The van der Waals surface area contributed by atoms with Crippen LogP contribution in [0.2, 0.25) is 0 Å². The van der Waals surface area contributed by atoms with Gasteiger partial charge in [0.15, 0.2) is 0 Å². The van der Waals surface area contributed by atoms with Crippen LogP contribution in [0.4, 0.5) is 0 Å². The molecule has 5 heteroatoms. The van der Waals surface area contributed by atoms with E-state index in [0.29, 0.717) is 19.6 Å². The maximum Gasteiger partial charge on any atom is 0.335 e. The smallest absolute Gasteiger partial charge is 0.335 e. The first kappa shape index (κ1) is 18.2. The van der Waals surface area contributed by atoms with Gasteiger partial charge in [0.2, 0.25) is 0 Å². The summed E-state index contributed by atoms with van der Waals surface area (Å²) in [6, 6.07) is 6.72. The second-order valence-electron chi connectivity index (χ2n) is 5.91. The summed E-state index contributed by atoms with van der Waals surface area (Å²) in [7, 11) is 0. The zero-order chi connectivity index (χ0) is 16.8. The fraction of sp³-hybridized carbons (Fsp3) is 0.529. The number of esters is 1. The number of nitrogens with one attached hydrogen (secondary N) is 1. The Kier molecular flexibility index (Phi) is 6.56. The highest BCUT2D eigenvalue weighted by Gasteiger charge is 2.31. The number of aromatic carboxylic acids is 1. The highest BCUT2D eigenvalue weighted by molar-refractivity contribution is 5.87. The predicted octanol–water partition coefficient (Wildman–Crippen LogP) is 2.84. The van der Waals surface area contributed by atoms with Gasteiger partial charge < -0.3 is 15.2 Å². The molecule has 1 aromatic rings. The molecule has 0 aliphatic rings. The van der Waals surface area contributed by atoms with Crippen LogP contribution in [0.15, 0.2) is 24.3 Å². The summed E-state index contributed by atoms with van der Waals surface area (Å²) >= 11 is 0. The number of carbonyl (C=O) groups excluding carboxylic acids is 1. The molecule has 0 heterocycles. The molecule has 0 saturated heterocycles. The molecule has 0 aliphatic heterocycles. The lowest BCUT2D eigenvalue weighted by Gasteiger charge is -2.34. The Hall–Kier alpha value is -1.88. The Morgan fingerprint density at radius 1 is 1.27 bits per heavy atom. The quantitative estimate of drug-likeness (QED) is 0.722. The maximum atomic E-state index is 11.8. The molecule has 1 atom stereocenters. The van der Waals surface area contributed by atoms with E-state index in [9.17, 15) is 9.59 Å². The number of hydrogen-bond acceptors (Lipinski definition) is 4. The highest BCUT2D eigenvalue weighted by Crippen LogP contribution is 2.22. The molecule has 2 N–H and O–H groups in total. The molecular weight excluding hydrogens is 282 g/mol. The third kappa shape index (κ3) is 5.15. The number of rotatable bonds is 8. The van der Waals surface area contributed by atoms with Gasteiger partial charge in [-0.15, -0.1) is 0 Å². The molecule has 0 amide bonds. The highest BCUT2D eigenvalue weighted by atomic mass is 16.5. The van der Waals surface area contributed by atoms with Gasteiger partial charge in [-0.1, -0.05) is 26.0 Å². The standard InChI is InChI=1S/C17H25NO4/c1-5-22-15(19)10-17(4,12(2)3)18-11-13-6-8-14(9-7-13)16(20)21/h6-9,12,18H,5,10-11H2,1-4H3,(H,20,21). The number of hydrogen-bond donors (Lipinski definition) is 2. The van der Waals surface area contributed by atoms with E-state index in [0.717, 1.165) is 5.56 Å². The summed E-state index contributed by atoms with van der Waals surface area (Å²) in [5.41, 5.74) is 0.861. The second-order valence-corrected chi connectivity index (χ2v) is 5.91. The van der Waals surface area contributed by atoms with E-state index in [4.69, 9.17) is 9.84 Å². The van der Waals surface area contributed by atoms with Crippen LogP contribution in [-0.2, 0) is 16.1 Å². The summed E-state index contributed by atoms with van der Waals surface area (Å²) < 4.78 is 5.04. The zero-order valence-corrected chi connectivity index (χ0v) is 13.7. The van der Waals surface area contributed by atoms with Crippen LogP contribution in [0.5, 0.6) is 0 Å². The first-order chi connectivity index (χ1) is 10.3. The Labute approximate surface area is 131 Å². The predicted molar refractivity (Wildman–Crippen MR) is 84.7 cm³/mol. The lowest BCUT2D eigenvalue weighted by Crippen LogP contribution is -2.48. The summed E-state index contributed by atoms with van der Waals surface area (Å²) in [5.74, 6) is -0.906. The van der Waals surface area contributed by atoms with Crippen molar-refractivity contribution in [1.82, 2.24) is 5.32 Å². The number of carboxylic acids is 1. The average molecular weight is 307 g/mol. The summed E-state index contributed by atoms with van der Waals surface area (Å²) in [6.45, 7) is 8.85. The fourth-order valence-electron chi connectivity index (χ4n) is 2.05. The number of carbonyl (C=O) groups is 2. The van der Waals surface area contributed by atoms with Crippen molar-refractivity contribution < 1.29 is 19.4 Å². The van der Waals surface area contributed by atoms with Gasteiger partial charge in [-0.25, -0.2) is 4.79 Å². The lowest BCUT2D eigenvalue weighted by atomic mass is 9.85. The van der Waals surface area contributed by atoms with Gasteiger partial charge >= 0.3 is 11.9 Å². The van der Waals surface area contributed by atoms with Gasteiger partial charge in [-0.05, 0) is 37.5 Å². The molecule has 0 fully saturated rings. The van der Waals surface area contributed by atoms with E-state index >= 15 is 0 Å². The van der Waals surface area contributed by atoms with Crippen LogP contribution in [0.25, 0.3) is 0 Å². The molecule has 0 spiro atoms. The number of carboxylic acid groups (broad SMARTS) is 1. The van der Waals surface area contributed by atoms with Crippen molar-refractivity contribution in [3.05, 3.63) is 35.4 Å². The molecule has 22 heavy (non-hydrogen) atoms. The van der Waals surface area contributed by atoms with Crippen LogP contribution < -0.4 is 5.32 Å². The summed E-state index contributed by atoms with van der Waals surface area (Å²) in [5, 5.41) is 12.3. The molecule has 0 saturated carbocycles. The van der Waals surface area contributed by atoms with E-state index in [2.05, 4.69) is 19.2 Å². The first-order valence-corrected chi connectivity index (χ1v) is 7.51. The molecular formula is C17H25NO4. The van der Waals surface area contributed by atoms with E-state index < -0.39 is 5.97 Å². The minimum atomic E-state index is -0.936. The molecule has 5 nitrogen and oxygen atoms in total. The Balaban J connectivity index is 2.71. The van der Waals surface area contributed by atoms with Gasteiger partial charge in [-0.3, -0.25) is 4.79 Å². The number of benzene rings is 1. The van der Waals surface area contributed by atoms with Crippen molar-refractivity contribution in [2.75, 3.05) is 6.61 Å². The SMILES string of the molecule is CCOC(=O)CC(C)(NCc1ccc(C(=O)O)cc1)C(C)C. The van der Waals surface area contributed by atoms with E-state index in [1.165, 1.54) is 0 Å². The van der Waals surface area contributed by atoms with Crippen molar-refractivity contribution >= 4 is 11.9 Å². The van der Waals surface area contributed by atoms with Crippen molar-refractivity contribution in [3.8, 4) is 0 Å². The van der Waals surface area contributed by atoms with Gasteiger partial charge in [-0.2, -0.15) is 0 Å². The van der Waals surface area contributed by atoms with Crippen LogP contribution in [-0.4, -0.2) is 29.2 Å². The van der Waals surface area contributed by atoms with E-state index in [1.807, 2.05) is 6.92 Å².